The van der Waals surface area contributed by atoms with Gasteiger partial charge < -0.3 is 29.6 Å². The number of nitrogens with zero attached hydrogens (tertiary/aromatic N) is 14. The van der Waals surface area contributed by atoms with Gasteiger partial charge >= 0.3 is 11.9 Å². The fraction of sp³-hybridized carbons (Fsp3) is 0.548. The summed E-state index contributed by atoms with van der Waals surface area (Å²) in [6, 6.07) is 12.1. The Hall–Kier alpha value is -6.11. The van der Waals surface area contributed by atoms with Crippen LogP contribution < -0.4 is 14.7 Å². The van der Waals surface area contributed by atoms with Crippen LogP contribution in [0.15, 0.2) is 36.4 Å². The quantitative estimate of drug-likeness (QED) is 0.183. The first-order valence-corrected chi connectivity index (χ1v) is 21.2. The van der Waals surface area contributed by atoms with E-state index in [0.717, 1.165) is 113 Å². The number of aliphatic hydroxyl groups is 1. The molecule has 6 unspecified atom stereocenters. The average Bonchev–Trinajstić information content (AvgIpc) is 4.02. The van der Waals surface area contributed by atoms with Crippen LogP contribution in [-0.4, -0.2) is 123 Å². The van der Waals surface area contributed by atoms with E-state index in [-0.39, 0.29) is 24.9 Å². The largest absolute Gasteiger partial charge is 0.475 e. The summed E-state index contributed by atoms with van der Waals surface area (Å²) in [7, 11) is 0. The Balaban J connectivity index is 0.000000120. The summed E-state index contributed by atoms with van der Waals surface area (Å²) < 4.78 is 4.86. The molecule has 3 aliphatic carbocycles. The molecule has 19 nitrogen and oxygen atoms in total. The normalized spacial score (nSPS) is 23.6. The lowest BCUT2D eigenvalue weighted by Crippen LogP contribution is -2.23. The fourth-order valence-electron chi connectivity index (χ4n) is 8.80. The predicted molar refractivity (Wildman–Crippen MR) is 221 cm³/mol. The monoisotopic (exact) mass is 832 g/mol. The third-order valence-electron chi connectivity index (χ3n) is 12.8. The molecule has 5 aromatic heterocycles. The Bertz CT molecular complexity index is 2390. The van der Waals surface area contributed by atoms with Crippen LogP contribution in [0.2, 0.25) is 0 Å². The molecule has 3 saturated carbocycles. The summed E-state index contributed by atoms with van der Waals surface area (Å²) in [6.45, 7) is 15.6. The highest BCUT2D eigenvalue weighted by Gasteiger charge is 2.47. The summed E-state index contributed by atoms with van der Waals surface area (Å²) in [6.07, 6.45) is 4.18. The lowest BCUT2D eigenvalue weighted by atomic mass is 10.2. The van der Waals surface area contributed by atoms with Gasteiger partial charge in [0.2, 0.25) is 0 Å². The smallest absolute Gasteiger partial charge is 0.380 e. The van der Waals surface area contributed by atoms with Crippen molar-refractivity contribution in [2.24, 2.45) is 35.5 Å². The molecule has 6 aliphatic rings. The molecule has 0 amide bonds. The van der Waals surface area contributed by atoms with Crippen LogP contribution in [0.25, 0.3) is 0 Å². The highest BCUT2D eigenvalue weighted by Crippen LogP contribution is 2.47. The number of aromatic nitrogens is 11. The molecule has 19 heteroatoms. The minimum atomic E-state index is -1.18. The van der Waals surface area contributed by atoms with Gasteiger partial charge in [-0.1, -0.05) is 18.2 Å². The van der Waals surface area contributed by atoms with Gasteiger partial charge in [-0.05, 0) is 128 Å². The SMILES string of the molecule is CCOC(=O)c1nnn(Cc2ccc(N3CC4CC4C3)nc2C)n1.Cc1nc(N2CC3CC3C2)ccc1CO.Cc1nc(N2CC3CC3C2)ccc1Cn1nnc(C(=O)O)n1. The second-order valence-corrected chi connectivity index (χ2v) is 17.2. The molecule has 8 heterocycles. The summed E-state index contributed by atoms with van der Waals surface area (Å²) in [5, 5.41) is 40.6. The van der Waals surface area contributed by atoms with Crippen molar-refractivity contribution in [2.45, 2.75) is 66.7 Å². The van der Waals surface area contributed by atoms with Crippen molar-refractivity contribution in [3.63, 3.8) is 0 Å². The van der Waals surface area contributed by atoms with Gasteiger partial charge in [-0.15, -0.1) is 20.4 Å². The van der Waals surface area contributed by atoms with Crippen LogP contribution in [-0.2, 0) is 24.4 Å². The fourth-order valence-corrected chi connectivity index (χ4v) is 8.80. The van der Waals surface area contributed by atoms with Gasteiger partial charge in [-0.3, -0.25) is 0 Å². The lowest BCUT2D eigenvalue weighted by Gasteiger charge is -2.20. The number of piperidine rings is 3. The number of pyridine rings is 3. The number of hydrogen-bond acceptors (Lipinski definition) is 16. The number of aliphatic hydroxyl groups excluding tert-OH is 1. The maximum absolute atomic E-state index is 11.6. The minimum Gasteiger partial charge on any atom is -0.475 e. The molecular weight excluding hydrogens is 781 g/mol. The van der Waals surface area contributed by atoms with Crippen LogP contribution in [0.3, 0.4) is 0 Å². The molecule has 11 rings (SSSR count). The lowest BCUT2D eigenvalue weighted by molar-refractivity contribution is 0.0511. The van der Waals surface area contributed by atoms with Crippen molar-refractivity contribution in [1.29, 1.82) is 0 Å². The van der Waals surface area contributed by atoms with Gasteiger partial charge in [-0.25, -0.2) is 24.5 Å². The number of aromatic carboxylic acids is 1. The van der Waals surface area contributed by atoms with E-state index in [4.69, 9.17) is 19.9 Å². The number of rotatable bonds is 11. The molecular formula is C42H52N14O5. The van der Waals surface area contributed by atoms with Crippen LogP contribution in [0, 0.1) is 56.3 Å². The molecule has 2 N–H and O–H groups in total. The van der Waals surface area contributed by atoms with Crippen LogP contribution in [0.5, 0.6) is 0 Å². The molecule has 3 saturated heterocycles. The molecule has 6 fully saturated rings. The maximum atomic E-state index is 11.6. The number of tetrazole rings is 2. The van der Waals surface area contributed by atoms with Crippen molar-refractivity contribution in [1.82, 2.24) is 55.4 Å². The average molecular weight is 833 g/mol. The van der Waals surface area contributed by atoms with Gasteiger partial charge in [0.05, 0.1) is 26.3 Å². The molecule has 0 aromatic carbocycles. The Morgan fingerprint density at radius 3 is 1.33 bits per heavy atom. The predicted octanol–water partition coefficient (Wildman–Crippen LogP) is 2.98. The topological polar surface area (TPSA) is 219 Å². The summed E-state index contributed by atoms with van der Waals surface area (Å²) in [5.74, 6) is 6.48. The maximum Gasteiger partial charge on any atom is 0.380 e. The number of aryl methyl sites for hydroxylation is 3. The molecule has 5 aromatic rings. The Morgan fingerprint density at radius 2 is 0.984 bits per heavy atom. The highest BCUT2D eigenvalue weighted by atomic mass is 16.5. The number of carboxylic acids is 1. The van der Waals surface area contributed by atoms with E-state index in [1.165, 1.54) is 41.9 Å². The third kappa shape index (κ3) is 9.16. The molecule has 6 atom stereocenters. The van der Waals surface area contributed by atoms with Crippen molar-refractivity contribution >= 4 is 29.4 Å². The summed E-state index contributed by atoms with van der Waals surface area (Å²) in [5.41, 5.74) is 5.72. The number of fused-ring (bicyclic) bond motifs is 3. The molecule has 3 aliphatic heterocycles. The van der Waals surface area contributed by atoms with Crippen molar-refractivity contribution in [3.05, 3.63) is 81.8 Å². The number of carbonyl (C=O) groups excluding carboxylic acids is 1. The Labute approximate surface area is 353 Å². The zero-order valence-electron chi connectivity index (χ0n) is 35.0. The standard InChI is InChI=1S/C16H20N6O2.C14H16N6O2.C12H16N2O/c1-3-24-16(23)15-18-20-22(19-15)9-11-4-5-14(17-10(11)2)21-7-12-6-13(12)8-21;1-8-9(7-20-17-13(14(21)22)16-18-20)2-3-12(15-8)19-5-10-4-11(10)6-19;1-8-9(7-15)2-3-12(13-8)14-5-10-4-11(10)6-14/h4-5,12-13H,3,6-9H2,1-2H3;2-3,10-11H,4-7H2,1H3,(H,21,22);2-3,10-11,15H,4-7H2,1H3. The second kappa shape index (κ2) is 16.7. The molecule has 0 radical (unpaired) electrons. The first kappa shape index (κ1) is 40.3. The molecule has 0 spiro atoms. The summed E-state index contributed by atoms with van der Waals surface area (Å²) >= 11 is 0. The van der Waals surface area contributed by atoms with Gasteiger partial charge in [0.25, 0.3) is 11.6 Å². The Kier molecular flexibility index (Phi) is 11.1. The highest BCUT2D eigenvalue weighted by molar-refractivity contribution is 5.84. The van der Waals surface area contributed by atoms with Crippen LogP contribution >= 0.6 is 0 Å². The first-order valence-electron chi connectivity index (χ1n) is 21.2. The van der Waals surface area contributed by atoms with Gasteiger partial charge in [0, 0.05) is 56.4 Å². The number of hydrogen-bond donors (Lipinski definition) is 2. The van der Waals surface area contributed by atoms with E-state index in [2.05, 4.69) is 67.6 Å². The summed E-state index contributed by atoms with van der Waals surface area (Å²) in [4.78, 5) is 46.0. The minimum absolute atomic E-state index is 0.0182. The third-order valence-corrected chi connectivity index (χ3v) is 12.8. The van der Waals surface area contributed by atoms with Crippen molar-refractivity contribution < 1.29 is 24.5 Å². The second-order valence-electron chi connectivity index (χ2n) is 17.2. The van der Waals surface area contributed by atoms with Crippen LogP contribution in [0.1, 0.15) is 81.2 Å². The molecule has 320 valence electrons. The molecule has 0 bridgehead atoms. The zero-order chi connectivity index (χ0) is 42.4. The van der Waals surface area contributed by atoms with Crippen LogP contribution in [0.4, 0.5) is 17.5 Å². The number of anilines is 3. The van der Waals surface area contributed by atoms with E-state index in [1.807, 2.05) is 45.0 Å². The number of ether oxygens (including phenoxy) is 1. The first-order chi connectivity index (χ1) is 29.5. The van der Waals surface area contributed by atoms with E-state index in [1.54, 1.807) is 6.92 Å². The van der Waals surface area contributed by atoms with Crippen molar-refractivity contribution in [2.75, 3.05) is 60.6 Å². The van der Waals surface area contributed by atoms with E-state index in [9.17, 15) is 9.59 Å². The van der Waals surface area contributed by atoms with E-state index >= 15 is 0 Å². The van der Waals surface area contributed by atoms with Gasteiger partial charge in [0.15, 0.2) is 0 Å². The van der Waals surface area contributed by atoms with E-state index in [0.29, 0.717) is 13.1 Å². The molecule has 61 heavy (non-hydrogen) atoms. The number of carboxylic acid groups (broad SMARTS) is 1. The number of carbonyl (C=O) groups is 2. The van der Waals surface area contributed by atoms with Crippen molar-refractivity contribution in [3.8, 4) is 0 Å². The number of esters is 1. The van der Waals surface area contributed by atoms with E-state index < -0.39 is 11.9 Å². The Morgan fingerprint density at radius 1 is 0.607 bits per heavy atom. The van der Waals surface area contributed by atoms with Gasteiger partial charge in [-0.2, -0.15) is 9.59 Å². The zero-order valence-corrected chi connectivity index (χ0v) is 35.0. The van der Waals surface area contributed by atoms with Gasteiger partial charge in [0.1, 0.15) is 17.5 Å².